The van der Waals surface area contributed by atoms with Gasteiger partial charge in [-0.05, 0) is 75.4 Å². The minimum Gasteiger partial charge on any atom is -0.490 e. The van der Waals surface area contributed by atoms with Crippen LogP contribution in [-0.2, 0) is 17.6 Å². The number of aliphatic hydroxyl groups is 1. The maximum absolute atomic E-state index is 12.3. The highest BCUT2D eigenvalue weighted by Gasteiger charge is 2.22. The van der Waals surface area contributed by atoms with Crippen molar-refractivity contribution in [3.8, 4) is 34.7 Å². The van der Waals surface area contributed by atoms with E-state index in [1.54, 1.807) is 19.1 Å². The van der Waals surface area contributed by atoms with Gasteiger partial charge in [0.1, 0.15) is 11.8 Å². The van der Waals surface area contributed by atoms with E-state index in [2.05, 4.69) is 39.4 Å². The number of amides is 1. The van der Waals surface area contributed by atoms with Crippen LogP contribution < -0.4 is 10.1 Å². The number of hydrogen-bond acceptors (Lipinski definition) is 8. The summed E-state index contributed by atoms with van der Waals surface area (Å²) in [6.45, 7) is 9.46. The molecule has 0 fully saturated rings. The van der Waals surface area contributed by atoms with Crippen molar-refractivity contribution < 1.29 is 19.2 Å². The molecule has 2 N–H and O–H groups in total. The number of nitrogens with zero attached hydrogens (tertiary/aromatic N) is 4. The molecule has 9 nitrogen and oxygen atoms in total. The van der Waals surface area contributed by atoms with Gasteiger partial charge < -0.3 is 19.7 Å². The Kier molecular flexibility index (Phi) is 8.21. The van der Waals surface area contributed by atoms with Crippen molar-refractivity contribution in [2.24, 2.45) is 0 Å². The lowest BCUT2D eigenvalue weighted by molar-refractivity contribution is -0.123. The van der Waals surface area contributed by atoms with Gasteiger partial charge in [0.15, 0.2) is 0 Å². The van der Waals surface area contributed by atoms with Crippen molar-refractivity contribution in [2.75, 3.05) is 26.2 Å². The molecule has 3 aromatic rings. The Morgan fingerprint density at radius 2 is 2.03 bits per heavy atom. The Hall–Kier alpha value is -3.74. The number of ether oxygens (including phenoxy) is 1. The van der Waals surface area contributed by atoms with Crippen LogP contribution in [-0.4, -0.2) is 64.4 Å². The van der Waals surface area contributed by atoms with Crippen molar-refractivity contribution >= 4 is 5.91 Å². The summed E-state index contributed by atoms with van der Waals surface area (Å²) in [5.41, 5.74) is 5.58. The summed E-state index contributed by atoms with van der Waals surface area (Å²) >= 11 is 0. The van der Waals surface area contributed by atoms with Crippen LogP contribution in [0.25, 0.3) is 22.8 Å². The van der Waals surface area contributed by atoms with E-state index in [9.17, 15) is 10.1 Å². The summed E-state index contributed by atoms with van der Waals surface area (Å²) in [6, 6.07) is 11.3. The van der Waals surface area contributed by atoms with E-state index in [4.69, 9.17) is 14.4 Å². The van der Waals surface area contributed by atoms with Crippen molar-refractivity contribution in [3.05, 3.63) is 52.6 Å². The Balaban J connectivity index is 1.52. The molecule has 4 rings (SSSR count). The van der Waals surface area contributed by atoms with Gasteiger partial charge in [0, 0.05) is 30.3 Å². The largest absolute Gasteiger partial charge is 0.490 e. The lowest BCUT2D eigenvalue weighted by atomic mass is 9.93. The first-order valence-electron chi connectivity index (χ1n) is 12.6. The normalized spacial score (nSPS) is 14.5. The van der Waals surface area contributed by atoms with Crippen LogP contribution in [0.3, 0.4) is 0 Å². The van der Waals surface area contributed by atoms with Gasteiger partial charge in [0.05, 0.1) is 24.8 Å². The van der Waals surface area contributed by atoms with E-state index < -0.39 is 0 Å². The van der Waals surface area contributed by atoms with E-state index in [1.807, 2.05) is 26.0 Å². The average molecular weight is 504 g/mol. The summed E-state index contributed by atoms with van der Waals surface area (Å²) < 4.78 is 11.3. The monoisotopic (exact) mass is 503 g/mol. The molecule has 2 aromatic carbocycles. The predicted molar refractivity (Wildman–Crippen MR) is 139 cm³/mol. The molecule has 37 heavy (non-hydrogen) atoms. The fourth-order valence-electron chi connectivity index (χ4n) is 4.58. The quantitative estimate of drug-likeness (QED) is 0.480. The first-order chi connectivity index (χ1) is 17.8. The molecular formula is C28H33N5O4. The van der Waals surface area contributed by atoms with Gasteiger partial charge >= 0.3 is 0 Å². The van der Waals surface area contributed by atoms with E-state index in [0.29, 0.717) is 35.1 Å². The number of fused-ring (bicyclic) bond motifs is 1. The van der Waals surface area contributed by atoms with Crippen molar-refractivity contribution in [3.63, 3.8) is 0 Å². The molecule has 0 radical (unpaired) electrons. The average Bonchev–Trinajstić information content (AvgIpc) is 3.26. The van der Waals surface area contributed by atoms with Gasteiger partial charge in [0.2, 0.25) is 11.7 Å². The number of nitriles is 1. The lowest BCUT2D eigenvalue weighted by Gasteiger charge is -2.20. The van der Waals surface area contributed by atoms with Crippen LogP contribution in [0.15, 0.2) is 34.9 Å². The van der Waals surface area contributed by atoms with Crippen molar-refractivity contribution in [2.45, 2.75) is 52.7 Å². The van der Waals surface area contributed by atoms with Crippen molar-refractivity contribution in [1.82, 2.24) is 20.4 Å². The summed E-state index contributed by atoms with van der Waals surface area (Å²) in [4.78, 5) is 19.1. The molecule has 0 saturated carbocycles. The summed E-state index contributed by atoms with van der Waals surface area (Å²) in [5, 5.41) is 25.8. The second-order valence-corrected chi connectivity index (χ2v) is 9.72. The van der Waals surface area contributed by atoms with Gasteiger partial charge in [-0.2, -0.15) is 10.2 Å². The molecule has 1 amide bonds. The molecular weight excluding hydrogens is 470 g/mol. The number of nitrogens with one attached hydrogen (secondary N) is 1. The number of benzene rings is 2. The number of rotatable bonds is 8. The molecule has 2 heterocycles. The van der Waals surface area contributed by atoms with Gasteiger partial charge in [-0.3, -0.25) is 9.69 Å². The Bertz CT molecular complexity index is 1310. The maximum Gasteiger partial charge on any atom is 0.258 e. The van der Waals surface area contributed by atoms with Crippen LogP contribution >= 0.6 is 0 Å². The third kappa shape index (κ3) is 6.16. The first-order valence-corrected chi connectivity index (χ1v) is 12.6. The minimum atomic E-state index is -0.251. The number of aliphatic hydroxyl groups excluding tert-OH is 1. The van der Waals surface area contributed by atoms with Crippen LogP contribution in [0.1, 0.15) is 43.0 Å². The standard InChI is InChI=1S/C28H33N5O4/c1-17(2)36-25-8-6-21(13-22(25)14-29)28-31-27(32-37-28)24-7-5-20-9-11-33(12-10-23(20)19(24)4)15-26(35)30-18(3)16-34/h5-8,13,17-18,34H,9-12,15-16H2,1-4H3,(H,30,35)/t18-/m1/s1. The number of carbonyl (C=O) groups excluding carboxylic acids is 1. The first kappa shape index (κ1) is 26.3. The molecule has 0 aliphatic carbocycles. The summed E-state index contributed by atoms with van der Waals surface area (Å²) in [6.07, 6.45) is 1.62. The zero-order valence-electron chi connectivity index (χ0n) is 21.7. The Labute approximate surface area is 217 Å². The van der Waals surface area contributed by atoms with Gasteiger partial charge in [-0.15, -0.1) is 0 Å². The third-order valence-electron chi connectivity index (χ3n) is 6.50. The molecule has 1 aliphatic rings. The fraction of sp³-hybridized carbons (Fsp3) is 0.429. The Morgan fingerprint density at radius 1 is 1.24 bits per heavy atom. The molecule has 0 spiro atoms. The van der Waals surface area contributed by atoms with Crippen LogP contribution in [0.5, 0.6) is 5.75 Å². The Morgan fingerprint density at radius 3 is 2.76 bits per heavy atom. The van der Waals surface area contributed by atoms with E-state index >= 15 is 0 Å². The highest BCUT2D eigenvalue weighted by atomic mass is 16.5. The number of carbonyl (C=O) groups is 1. The van der Waals surface area contributed by atoms with E-state index in [-0.39, 0.29) is 24.7 Å². The molecule has 1 atom stereocenters. The minimum absolute atomic E-state index is 0.0386. The van der Waals surface area contributed by atoms with Gasteiger partial charge in [0.25, 0.3) is 5.89 Å². The number of aromatic nitrogens is 2. The number of hydrogen-bond donors (Lipinski definition) is 2. The SMILES string of the molecule is Cc1c(-c2noc(-c3ccc(OC(C)C)c(C#N)c3)n2)ccc2c1CCN(CC(=O)N[C@H](C)CO)CC2. The second-order valence-electron chi connectivity index (χ2n) is 9.72. The molecule has 1 aromatic heterocycles. The molecule has 0 bridgehead atoms. The summed E-state index contributed by atoms with van der Waals surface area (Å²) in [5.74, 6) is 1.28. The van der Waals surface area contributed by atoms with Crippen molar-refractivity contribution in [1.29, 1.82) is 5.26 Å². The molecule has 0 saturated heterocycles. The topological polar surface area (TPSA) is 125 Å². The highest BCUT2D eigenvalue weighted by Crippen LogP contribution is 2.31. The molecule has 194 valence electrons. The van der Waals surface area contributed by atoms with Gasteiger partial charge in [-0.1, -0.05) is 17.3 Å². The van der Waals surface area contributed by atoms with Crippen LogP contribution in [0.4, 0.5) is 0 Å². The smallest absolute Gasteiger partial charge is 0.258 e. The van der Waals surface area contributed by atoms with E-state index in [1.165, 1.54) is 11.1 Å². The van der Waals surface area contributed by atoms with Crippen LogP contribution in [0.2, 0.25) is 0 Å². The predicted octanol–water partition coefficient (Wildman–Crippen LogP) is 3.27. The highest BCUT2D eigenvalue weighted by molar-refractivity contribution is 5.78. The van der Waals surface area contributed by atoms with Gasteiger partial charge in [-0.25, -0.2) is 0 Å². The zero-order valence-corrected chi connectivity index (χ0v) is 21.7. The fourth-order valence-corrected chi connectivity index (χ4v) is 4.58. The van der Waals surface area contributed by atoms with E-state index in [0.717, 1.165) is 37.1 Å². The second kappa shape index (κ2) is 11.5. The molecule has 9 heteroatoms. The maximum atomic E-state index is 12.3. The molecule has 0 unspecified atom stereocenters. The zero-order chi connectivity index (χ0) is 26.5. The lowest BCUT2D eigenvalue weighted by Crippen LogP contribution is -2.43. The summed E-state index contributed by atoms with van der Waals surface area (Å²) in [7, 11) is 0. The van der Waals surface area contributed by atoms with Crippen LogP contribution in [0, 0.1) is 18.3 Å². The molecule has 1 aliphatic heterocycles. The third-order valence-corrected chi connectivity index (χ3v) is 6.50.